The van der Waals surface area contributed by atoms with Gasteiger partial charge in [-0.15, -0.1) is 0 Å². The summed E-state index contributed by atoms with van der Waals surface area (Å²) >= 11 is 0. The highest BCUT2D eigenvalue weighted by Crippen LogP contribution is 2.45. The number of hydrogen-bond donors (Lipinski definition) is 2. The average molecular weight is 449 g/mol. The zero-order chi connectivity index (χ0) is 23.1. The molecule has 0 bridgehead atoms. The molecule has 1 aliphatic heterocycles. The van der Waals surface area contributed by atoms with Crippen LogP contribution in [0, 0.1) is 0 Å². The van der Waals surface area contributed by atoms with Crippen molar-refractivity contribution in [2.75, 3.05) is 13.2 Å². The number of rotatable bonds is 7. The fourth-order valence-corrected chi connectivity index (χ4v) is 5.67. The summed E-state index contributed by atoms with van der Waals surface area (Å²) in [6.45, 7) is 26.6. The van der Waals surface area contributed by atoms with Gasteiger partial charge < -0.3 is 23.8 Å². The van der Waals surface area contributed by atoms with Crippen LogP contribution in [0.5, 0.6) is 0 Å². The van der Waals surface area contributed by atoms with E-state index in [4.69, 9.17) is 13.6 Å². The highest BCUT2D eigenvalue weighted by atomic mass is 28.4. The van der Waals surface area contributed by atoms with Gasteiger partial charge in [0, 0.05) is 19.4 Å². The van der Waals surface area contributed by atoms with Gasteiger partial charge >= 0.3 is 0 Å². The Hall–Kier alpha value is 0.234. The lowest BCUT2D eigenvalue weighted by molar-refractivity contribution is -0.271. The van der Waals surface area contributed by atoms with Crippen molar-refractivity contribution in [1.29, 1.82) is 0 Å². The largest absolute Gasteiger partial charge is 0.414 e. The van der Waals surface area contributed by atoms with E-state index < -0.39 is 33.9 Å². The number of hydrogen-bond acceptors (Lipinski definition) is 5. The van der Waals surface area contributed by atoms with Crippen molar-refractivity contribution in [1.82, 2.24) is 0 Å². The molecule has 1 rings (SSSR count). The molecule has 0 amide bonds. The van der Waals surface area contributed by atoms with Gasteiger partial charge in [-0.2, -0.15) is 0 Å². The van der Waals surface area contributed by atoms with Crippen molar-refractivity contribution in [2.24, 2.45) is 0 Å². The molecule has 1 fully saturated rings. The zero-order valence-corrected chi connectivity index (χ0v) is 23.1. The van der Waals surface area contributed by atoms with E-state index in [1.807, 2.05) is 6.92 Å². The molecular formula is C22H48O5Si2. The molecule has 0 unspecified atom stereocenters. The first-order valence-electron chi connectivity index (χ1n) is 11.0. The van der Waals surface area contributed by atoms with Crippen LogP contribution in [0.15, 0.2) is 0 Å². The van der Waals surface area contributed by atoms with E-state index in [9.17, 15) is 10.2 Å². The Morgan fingerprint density at radius 2 is 1.41 bits per heavy atom. The van der Waals surface area contributed by atoms with Crippen LogP contribution < -0.4 is 0 Å². The Morgan fingerprint density at radius 1 is 0.931 bits per heavy atom. The normalized spacial score (nSPS) is 32.5. The topological polar surface area (TPSA) is 68.2 Å². The summed E-state index contributed by atoms with van der Waals surface area (Å²) in [5.74, 6) is 0. The summed E-state index contributed by atoms with van der Waals surface area (Å²) in [5, 5.41) is 20.6. The zero-order valence-electron chi connectivity index (χ0n) is 21.1. The van der Waals surface area contributed by atoms with Crippen molar-refractivity contribution in [3.63, 3.8) is 0 Å². The van der Waals surface area contributed by atoms with Crippen molar-refractivity contribution < 1.29 is 23.8 Å². The molecule has 0 aliphatic carbocycles. The Balaban J connectivity index is 3.23. The van der Waals surface area contributed by atoms with Crippen LogP contribution >= 0.6 is 0 Å². The fourth-order valence-electron chi connectivity index (χ4n) is 3.18. The van der Waals surface area contributed by atoms with Crippen LogP contribution in [0.2, 0.25) is 36.3 Å². The van der Waals surface area contributed by atoms with Gasteiger partial charge in [-0.1, -0.05) is 41.5 Å². The molecule has 1 aliphatic rings. The van der Waals surface area contributed by atoms with Crippen molar-refractivity contribution in [3.8, 4) is 0 Å². The lowest BCUT2D eigenvalue weighted by Crippen LogP contribution is -2.66. The molecule has 0 spiro atoms. The van der Waals surface area contributed by atoms with Crippen LogP contribution in [0.4, 0.5) is 0 Å². The second-order valence-electron chi connectivity index (χ2n) is 12.4. The molecular weight excluding hydrogens is 400 g/mol. The number of aliphatic hydroxyl groups excluding tert-OH is 2. The molecule has 174 valence electrons. The second kappa shape index (κ2) is 8.64. The van der Waals surface area contributed by atoms with Crippen molar-refractivity contribution >= 4 is 16.6 Å². The van der Waals surface area contributed by atoms with E-state index in [1.165, 1.54) is 0 Å². The van der Waals surface area contributed by atoms with Crippen LogP contribution in [0.3, 0.4) is 0 Å². The molecule has 0 radical (unpaired) electrons. The monoisotopic (exact) mass is 448 g/mol. The quantitative estimate of drug-likeness (QED) is 0.532. The van der Waals surface area contributed by atoms with Gasteiger partial charge in [-0.25, -0.2) is 0 Å². The number of aliphatic hydroxyl groups is 2. The Morgan fingerprint density at radius 3 is 1.83 bits per heavy atom. The molecule has 0 aromatic carbocycles. The summed E-state index contributed by atoms with van der Waals surface area (Å²) in [7, 11) is -4.05. The molecule has 1 saturated heterocycles. The van der Waals surface area contributed by atoms with E-state index >= 15 is 0 Å². The third-order valence-electron chi connectivity index (χ3n) is 7.67. The first kappa shape index (κ1) is 27.3. The van der Waals surface area contributed by atoms with Crippen LogP contribution in [-0.4, -0.2) is 63.5 Å². The second-order valence-corrected chi connectivity index (χ2v) is 21.9. The molecule has 2 N–H and O–H groups in total. The number of ether oxygens (including phenoxy) is 1. The lowest BCUT2D eigenvalue weighted by Gasteiger charge is -2.55. The molecule has 29 heavy (non-hydrogen) atoms. The Labute approximate surface area is 181 Å². The molecule has 0 aromatic heterocycles. The minimum Gasteiger partial charge on any atom is -0.414 e. The van der Waals surface area contributed by atoms with Crippen LogP contribution in [0.1, 0.15) is 68.2 Å². The van der Waals surface area contributed by atoms with E-state index in [2.05, 4.69) is 74.7 Å². The highest BCUT2D eigenvalue weighted by Gasteiger charge is 2.55. The van der Waals surface area contributed by atoms with E-state index in [0.29, 0.717) is 19.4 Å². The molecule has 1 heterocycles. The maximum atomic E-state index is 10.9. The summed E-state index contributed by atoms with van der Waals surface area (Å²) < 4.78 is 19.9. The van der Waals surface area contributed by atoms with Gasteiger partial charge in [0.15, 0.2) is 16.6 Å². The van der Waals surface area contributed by atoms with Crippen molar-refractivity contribution in [3.05, 3.63) is 0 Å². The molecule has 0 aromatic rings. The third-order valence-corrected chi connectivity index (χ3v) is 16.6. The Bertz CT molecular complexity index is 552. The van der Waals surface area contributed by atoms with Gasteiger partial charge in [0.2, 0.25) is 0 Å². The average Bonchev–Trinajstić information content (AvgIpc) is 2.49. The van der Waals surface area contributed by atoms with Gasteiger partial charge in [0.1, 0.15) is 5.60 Å². The highest BCUT2D eigenvalue weighted by molar-refractivity contribution is 6.74. The van der Waals surface area contributed by atoms with E-state index in [1.54, 1.807) is 0 Å². The predicted molar refractivity (Wildman–Crippen MR) is 125 cm³/mol. The molecule has 7 heteroatoms. The maximum absolute atomic E-state index is 10.9. The minimum atomic E-state index is -2.07. The summed E-state index contributed by atoms with van der Waals surface area (Å²) in [5.41, 5.74) is -1.50. The molecule has 4 atom stereocenters. The predicted octanol–water partition coefficient (Wildman–Crippen LogP) is 5.08. The van der Waals surface area contributed by atoms with Crippen LogP contribution in [-0.2, 0) is 13.6 Å². The van der Waals surface area contributed by atoms with Gasteiger partial charge in [-0.3, -0.25) is 0 Å². The van der Waals surface area contributed by atoms with E-state index in [-0.39, 0.29) is 22.8 Å². The molecule has 0 saturated carbocycles. The maximum Gasteiger partial charge on any atom is 0.192 e. The summed E-state index contributed by atoms with van der Waals surface area (Å²) in [4.78, 5) is 0. The first-order chi connectivity index (χ1) is 12.7. The van der Waals surface area contributed by atoms with Gasteiger partial charge in [0.25, 0.3) is 0 Å². The third kappa shape index (κ3) is 6.14. The minimum absolute atomic E-state index is 0.0273. The standard InChI is InChI=1S/C22H48O5Si2/c1-19(2,3)28(9,10)25-16-22(8)18(26-29(11,12)20(4,5)6)15-17(24)21(7,27-22)13-14-23/h17-18,23-24H,13-16H2,1-12H3/t17-,18+,21+,22-/m1/s1. The molecule has 5 nitrogen and oxygen atoms in total. The Kier molecular flexibility index (Phi) is 8.12. The summed E-state index contributed by atoms with van der Waals surface area (Å²) in [6.07, 6.45) is -0.0721. The SMILES string of the molecule is CC(C)(C)[Si](C)(C)OC[C@@]1(C)O[C@@](C)(CCO)[C@H](O)C[C@@H]1O[Si](C)(C)C(C)(C)C. The first-order valence-corrected chi connectivity index (χ1v) is 16.8. The smallest absolute Gasteiger partial charge is 0.192 e. The van der Waals surface area contributed by atoms with Gasteiger partial charge in [0.05, 0.1) is 24.4 Å². The lowest BCUT2D eigenvalue weighted by atomic mass is 9.81. The van der Waals surface area contributed by atoms with E-state index in [0.717, 1.165) is 0 Å². The van der Waals surface area contributed by atoms with Crippen molar-refractivity contribution in [2.45, 2.75) is 128 Å². The fraction of sp³-hybridized carbons (Fsp3) is 1.00. The van der Waals surface area contributed by atoms with Crippen LogP contribution in [0.25, 0.3) is 0 Å². The summed E-state index contributed by atoms with van der Waals surface area (Å²) in [6, 6.07) is 0. The van der Waals surface area contributed by atoms with Gasteiger partial charge in [-0.05, 0) is 50.1 Å².